The molecule has 0 saturated carbocycles. The van der Waals surface area contributed by atoms with Crippen LogP contribution in [0, 0.1) is 6.92 Å². The quantitative estimate of drug-likeness (QED) is 0.872. The summed E-state index contributed by atoms with van der Waals surface area (Å²) in [6, 6.07) is 5.98. The van der Waals surface area contributed by atoms with Gasteiger partial charge in [-0.15, -0.1) is 0 Å². The fourth-order valence-electron chi connectivity index (χ4n) is 3.14. The van der Waals surface area contributed by atoms with Gasteiger partial charge in [-0.25, -0.2) is 0 Å². The Balaban J connectivity index is 1.85. The number of pyridine rings is 1. The highest BCUT2D eigenvalue weighted by Crippen LogP contribution is 2.32. The molecule has 2 aromatic rings. The summed E-state index contributed by atoms with van der Waals surface area (Å²) in [7, 11) is 0. The lowest BCUT2D eigenvalue weighted by Gasteiger charge is -2.24. The number of amides is 1. The Bertz CT molecular complexity index is 650. The smallest absolute Gasteiger partial charge is 0.257 e. The highest BCUT2D eigenvalue weighted by Gasteiger charge is 2.32. The Hall–Kier alpha value is -2.17. The molecule has 0 radical (unpaired) electrons. The topological polar surface area (TPSA) is 51.0 Å². The Kier molecular flexibility index (Phi) is 4.22. The van der Waals surface area contributed by atoms with Crippen LogP contribution in [0.5, 0.6) is 0 Å². The molecule has 5 heteroatoms. The molecule has 1 aliphatic heterocycles. The van der Waals surface area contributed by atoms with E-state index in [2.05, 4.69) is 17.0 Å². The van der Waals surface area contributed by atoms with Gasteiger partial charge in [-0.2, -0.15) is 5.10 Å². The Morgan fingerprint density at radius 2 is 2.27 bits per heavy atom. The van der Waals surface area contributed by atoms with E-state index in [1.54, 1.807) is 12.4 Å². The molecular formula is C17H22N4O. The van der Waals surface area contributed by atoms with E-state index in [0.29, 0.717) is 0 Å². The number of carbonyl (C=O) groups is 1. The molecule has 116 valence electrons. The van der Waals surface area contributed by atoms with E-state index >= 15 is 0 Å². The van der Waals surface area contributed by atoms with E-state index in [-0.39, 0.29) is 11.9 Å². The van der Waals surface area contributed by atoms with Crippen molar-refractivity contribution in [1.29, 1.82) is 0 Å². The molecule has 0 aliphatic carbocycles. The van der Waals surface area contributed by atoms with Crippen LogP contribution in [0.1, 0.15) is 54.0 Å². The zero-order valence-electron chi connectivity index (χ0n) is 13.2. The first-order valence-electron chi connectivity index (χ1n) is 7.96. The van der Waals surface area contributed by atoms with Gasteiger partial charge in [0.05, 0.1) is 23.5 Å². The van der Waals surface area contributed by atoms with Crippen molar-refractivity contribution < 1.29 is 4.79 Å². The molecule has 0 spiro atoms. The molecule has 0 aromatic carbocycles. The van der Waals surface area contributed by atoms with E-state index < -0.39 is 0 Å². The maximum atomic E-state index is 12.9. The van der Waals surface area contributed by atoms with Gasteiger partial charge >= 0.3 is 0 Å². The van der Waals surface area contributed by atoms with Crippen molar-refractivity contribution in [3.8, 4) is 0 Å². The summed E-state index contributed by atoms with van der Waals surface area (Å²) in [5.41, 5.74) is 2.65. The standard InChI is InChI=1S/C17H22N4O/c1-3-10-21-13(2)14(12-19-21)17(22)20-11-6-8-16(20)15-7-4-5-9-18-15/h4-5,7,9,12,16H,3,6,8,10-11H2,1-2H3/t16-/m1/s1. The molecule has 0 bridgehead atoms. The zero-order chi connectivity index (χ0) is 15.5. The normalized spacial score (nSPS) is 17.9. The predicted octanol–water partition coefficient (Wildman–Crippen LogP) is 2.97. The fourth-order valence-corrected chi connectivity index (χ4v) is 3.14. The largest absolute Gasteiger partial charge is 0.330 e. The summed E-state index contributed by atoms with van der Waals surface area (Å²) in [5, 5.41) is 4.35. The number of carbonyl (C=O) groups excluding carboxylic acids is 1. The van der Waals surface area contributed by atoms with E-state index in [0.717, 1.165) is 49.3 Å². The average Bonchev–Trinajstić information content (AvgIpc) is 3.16. The molecular weight excluding hydrogens is 276 g/mol. The molecule has 1 atom stereocenters. The average molecular weight is 298 g/mol. The first-order valence-corrected chi connectivity index (χ1v) is 7.96. The number of rotatable bonds is 4. The minimum absolute atomic E-state index is 0.0769. The van der Waals surface area contributed by atoms with Crippen LogP contribution in [-0.2, 0) is 6.54 Å². The van der Waals surface area contributed by atoms with Gasteiger partial charge in [0.25, 0.3) is 5.91 Å². The lowest BCUT2D eigenvalue weighted by Crippen LogP contribution is -2.31. The van der Waals surface area contributed by atoms with Crippen molar-refractivity contribution in [2.45, 2.75) is 45.7 Å². The van der Waals surface area contributed by atoms with Crippen LogP contribution in [0.3, 0.4) is 0 Å². The third-order valence-electron chi connectivity index (χ3n) is 4.31. The molecule has 3 heterocycles. The van der Waals surface area contributed by atoms with Crippen LogP contribution in [0.2, 0.25) is 0 Å². The number of aryl methyl sites for hydroxylation is 1. The van der Waals surface area contributed by atoms with Gasteiger partial charge in [0.2, 0.25) is 0 Å². The fraction of sp³-hybridized carbons (Fsp3) is 0.471. The van der Waals surface area contributed by atoms with E-state index in [4.69, 9.17) is 0 Å². The van der Waals surface area contributed by atoms with Gasteiger partial charge in [-0.05, 0) is 38.3 Å². The summed E-state index contributed by atoms with van der Waals surface area (Å²) in [5.74, 6) is 0.0769. The summed E-state index contributed by atoms with van der Waals surface area (Å²) in [6.45, 7) is 5.73. The number of aromatic nitrogens is 3. The SMILES string of the molecule is CCCn1ncc(C(=O)N2CCC[C@@H]2c2ccccn2)c1C. The van der Waals surface area contributed by atoms with Gasteiger partial charge in [0.1, 0.15) is 0 Å². The van der Waals surface area contributed by atoms with Crippen LogP contribution in [0.4, 0.5) is 0 Å². The molecule has 0 N–H and O–H groups in total. The predicted molar refractivity (Wildman–Crippen MR) is 84.5 cm³/mol. The lowest BCUT2D eigenvalue weighted by atomic mass is 10.1. The van der Waals surface area contributed by atoms with Crippen LogP contribution < -0.4 is 0 Å². The number of nitrogens with zero attached hydrogens (tertiary/aromatic N) is 4. The number of hydrogen-bond acceptors (Lipinski definition) is 3. The molecule has 1 saturated heterocycles. The minimum atomic E-state index is 0.0769. The van der Waals surface area contributed by atoms with Crippen molar-refractivity contribution >= 4 is 5.91 Å². The molecule has 0 unspecified atom stereocenters. The Morgan fingerprint density at radius 1 is 1.41 bits per heavy atom. The van der Waals surface area contributed by atoms with Crippen LogP contribution >= 0.6 is 0 Å². The van der Waals surface area contributed by atoms with Crippen LogP contribution in [0.15, 0.2) is 30.6 Å². The Morgan fingerprint density at radius 3 is 3.00 bits per heavy atom. The lowest BCUT2D eigenvalue weighted by molar-refractivity contribution is 0.0732. The highest BCUT2D eigenvalue weighted by atomic mass is 16.2. The third kappa shape index (κ3) is 2.63. The number of hydrogen-bond donors (Lipinski definition) is 0. The van der Waals surface area contributed by atoms with Gasteiger partial charge < -0.3 is 4.90 Å². The third-order valence-corrected chi connectivity index (χ3v) is 4.31. The maximum Gasteiger partial charge on any atom is 0.257 e. The Labute approximate surface area is 131 Å². The van der Waals surface area contributed by atoms with Gasteiger partial charge in [-0.3, -0.25) is 14.5 Å². The summed E-state index contributed by atoms with van der Waals surface area (Å²) in [6.07, 6.45) is 6.51. The second kappa shape index (κ2) is 6.30. The molecule has 1 aliphatic rings. The monoisotopic (exact) mass is 298 g/mol. The molecule has 3 rings (SSSR count). The zero-order valence-corrected chi connectivity index (χ0v) is 13.2. The number of likely N-dealkylation sites (tertiary alicyclic amines) is 1. The molecule has 1 fully saturated rings. The first kappa shape index (κ1) is 14.8. The summed E-state index contributed by atoms with van der Waals surface area (Å²) >= 11 is 0. The van der Waals surface area contributed by atoms with Crippen molar-refractivity contribution in [2.24, 2.45) is 0 Å². The van der Waals surface area contributed by atoms with Gasteiger partial charge in [0.15, 0.2) is 0 Å². The van der Waals surface area contributed by atoms with Crippen molar-refractivity contribution in [3.05, 3.63) is 47.5 Å². The summed E-state index contributed by atoms with van der Waals surface area (Å²) < 4.78 is 1.92. The molecule has 2 aromatic heterocycles. The van der Waals surface area contributed by atoms with Crippen molar-refractivity contribution in [3.63, 3.8) is 0 Å². The van der Waals surface area contributed by atoms with Crippen molar-refractivity contribution in [2.75, 3.05) is 6.54 Å². The highest BCUT2D eigenvalue weighted by molar-refractivity contribution is 5.95. The maximum absolute atomic E-state index is 12.9. The van der Waals surface area contributed by atoms with Gasteiger partial charge in [0, 0.05) is 25.0 Å². The summed E-state index contributed by atoms with van der Waals surface area (Å²) in [4.78, 5) is 19.3. The molecule has 22 heavy (non-hydrogen) atoms. The van der Waals surface area contributed by atoms with E-state index in [1.165, 1.54) is 0 Å². The minimum Gasteiger partial charge on any atom is -0.330 e. The van der Waals surface area contributed by atoms with Gasteiger partial charge in [-0.1, -0.05) is 13.0 Å². The molecule has 1 amide bonds. The second-order valence-electron chi connectivity index (χ2n) is 5.78. The second-order valence-corrected chi connectivity index (χ2v) is 5.78. The van der Waals surface area contributed by atoms with E-state index in [9.17, 15) is 4.79 Å². The molecule has 5 nitrogen and oxygen atoms in total. The van der Waals surface area contributed by atoms with Crippen molar-refractivity contribution in [1.82, 2.24) is 19.7 Å². The van der Waals surface area contributed by atoms with Crippen LogP contribution in [0.25, 0.3) is 0 Å². The van der Waals surface area contributed by atoms with Crippen LogP contribution in [-0.4, -0.2) is 32.1 Å². The van der Waals surface area contributed by atoms with E-state index in [1.807, 2.05) is 34.7 Å². The first-order chi connectivity index (χ1) is 10.7.